The summed E-state index contributed by atoms with van der Waals surface area (Å²) < 4.78 is 0. The molecule has 0 fully saturated rings. The van der Waals surface area contributed by atoms with Crippen LogP contribution in [0.15, 0.2) is 29.3 Å². The molecule has 0 aliphatic heterocycles. The predicted molar refractivity (Wildman–Crippen MR) is 157 cm³/mol. The lowest BCUT2D eigenvalue weighted by atomic mass is 10.1. The fourth-order valence-electron chi connectivity index (χ4n) is 5.48. The highest BCUT2D eigenvalue weighted by Crippen LogP contribution is 2.31. The van der Waals surface area contributed by atoms with Crippen molar-refractivity contribution in [2.24, 2.45) is 4.99 Å². The Kier molecular flexibility index (Phi) is 18.7. The minimum Gasteiger partial charge on any atom is -0.298 e. The smallest absolute Gasteiger partial charge is 0.0574 e. The van der Waals surface area contributed by atoms with Crippen molar-refractivity contribution >= 4 is 22.4 Å². The average molecular weight is 478 g/mol. The fourth-order valence-corrected chi connectivity index (χ4v) is 13.6. The first-order valence-corrected chi connectivity index (χ1v) is 19.7. The molecule has 0 aliphatic rings. The van der Waals surface area contributed by atoms with Gasteiger partial charge in [0.2, 0.25) is 0 Å². The zero-order valence-corrected chi connectivity index (χ0v) is 25.2. The summed E-state index contributed by atoms with van der Waals surface area (Å²) in [6, 6.07) is 11.2. The number of rotatable bonds is 22. The van der Waals surface area contributed by atoms with Gasteiger partial charge >= 0.3 is 0 Å². The molecule has 0 N–H and O–H groups in total. The molecule has 0 saturated carbocycles. The van der Waals surface area contributed by atoms with Crippen LogP contribution in [0.5, 0.6) is 0 Å². The van der Waals surface area contributed by atoms with Crippen LogP contribution in [0.2, 0.25) is 48.4 Å². The summed E-state index contributed by atoms with van der Waals surface area (Å²) >= 11 is 0. The van der Waals surface area contributed by atoms with Gasteiger partial charge in [-0.2, -0.15) is 0 Å². The van der Waals surface area contributed by atoms with Crippen LogP contribution in [0, 0.1) is 0 Å². The molecular formula is C29H59NSi2. The van der Waals surface area contributed by atoms with Crippen LogP contribution in [0.25, 0.3) is 0 Å². The van der Waals surface area contributed by atoms with Crippen molar-refractivity contribution in [1.82, 2.24) is 0 Å². The topological polar surface area (TPSA) is 12.4 Å². The van der Waals surface area contributed by atoms with E-state index in [9.17, 15) is 0 Å². The fraction of sp³-hybridized carbons (Fsp3) is 0.828. The average Bonchev–Trinajstić information content (AvgIpc) is 2.77. The van der Waals surface area contributed by atoms with E-state index in [1.54, 1.807) is 0 Å². The molecule has 0 rings (SSSR count). The molecule has 0 aromatic carbocycles. The van der Waals surface area contributed by atoms with Gasteiger partial charge in [0.1, 0.15) is 0 Å². The van der Waals surface area contributed by atoms with Gasteiger partial charge in [-0.1, -0.05) is 120 Å². The summed E-state index contributed by atoms with van der Waals surface area (Å²) in [5.41, 5.74) is 2.81. The molecule has 0 heterocycles. The van der Waals surface area contributed by atoms with Gasteiger partial charge in [0.05, 0.1) is 16.1 Å². The van der Waals surface area contributed by atoms with Crippen molar-refractivity contribution in [3.63, 3.8) is 0 Å². The highest BCUT2D eigenvalue weighted by molar-refractivity contribution is 6.80. The lowest BCUT2D eigenvalue weighted by molar-refractivity contribution is 0.577. The molecule has 188 valence electrons. The summed E-state index contributed by atoms with van der Waals surface area (Å²) in [5, 5.41) is 0. The molecule has 0 aromatic heterocycles. The van der Waals surface area contributed by atoms with Gasteiger partial charge in [0.25, 0.3) is 0 Å². The lowest BCUT2D eigenvalue weighted by Gasteiger charge is -2.30. The lowest BCUT2D eigenvalue weighted by Crippen LogP contribution is -2.32. The Balaban J connectivity index is 3.76. The Morgan fingerprint density at radius 2 is 1.03 bits per heavy atom. The van der Waals surface area contributed by atoms with E-state index in [1.807, 2.05) is 0 Å². The van der Waals surface area contributed by atoms with Crippen molar-refractivity contribution in [1.29, 1.82) is 0 Å². The van der Waals surface area contributed by atoms with Gasteiger partial charge in [-0.15, -0.1) is 13.2 Å². The van der Waals surface area contributed by atoms with Gasteiger partial charge in [0, 0.05) is 6.54 Å². The molecule has 0 saturated heterocycles. The normalized spacial score (nSPS) is 12.6. The maximum atomic E-state index is 4.71. The summed E-state index contributed by atoms with van der Waals surface area (Å²) in [7, 11) is -2.17. The van der Waals surface area contributed by atoms with E-state index < -0.39 is 16.1 Å². The van der Waals surface area contributed by atoms with Crippen LogP contribution in [0.1, 0.15) is 99.3 Å². The van der Waals surface area contributed by atoms with Crippen LogP contribution < -0.4 is 0 Å². The van der Waals surface area contributed by atoms with E-state index in [0.29, 0.717) is 0 Å². The van der Waals surface area contributed by atoms with Gasteiger partial charge in [0.15, 0.2) is 0 Å². The van der Waals surface area contributed by atoms with Crippen molar-refractivity contribution in [3.8, 4) is 0 Å². The Labute approximate surface area is 205 Å². The summed E-state index contributed by atoms with van der Waals surface area (Å²) in [6.07, 6.45) is 14.6. The van der Waals surface area contributed by atoms with Gasteiger partial charge < -0.3 is 0 Å². The van der Waals surface area contributed by atoms with Crippen LogP contribution in [-0.4, -0.2) is 28.9 Å². The first kappa shape index (κ1) is 31.6. The predicted octanol–water partition coefficient (Wildman–Crippen LogP) is 10.7. The Hall–Kier alpha value is -0.416. The number of unbranched alkanes of at least 4 members (excludes halogenated alkanes) is 7. The SMILES string of the molecule is C=C(C)C[Si](CC)(CC)CCC=NCCCCCCCCCC[Si](CC)(CC)CC(=C)C. The molecule has 1 nitrogen and oxygen atoms in total. The second-order valence-corrected chi connectivity index (χ2v) is 21.4. The molecule has 0 spiro atoms. The molecule has 0 unspecified atom stereocenters. The van der Waals surface area contributed by atoms with Gasteiger partial charge in [-0.25, -0.2) is 0 Å². The molecular weight excluding hydrogens is 418 g/mol. The van der Waals surface area contributed by atoms with E-state index >= 15 is 0 Å². The molecule has 0 atom stereocenters. The highest BCUT2D eigenvalue weighted by atomic mass is 28.3. The third kappa shape index (κ3) is 14.7. The molecule has 0 aliphatic carbocycles. The summed E-state index contributed by atoms with van der Waals surface area (Å²) in [4.78, 5) is 4.71. The van der Waals surface area contributed by atoms with E-state index in [0.717, 1.165) is 6.54 Å². The quantitative estimate of drug-likeness (QED) is 0.0636. The molecule has 0 amide bonds. The maximum absolute atomic E-state index is 4.71. The monoisotopic (exact) mass is 477 g/mol. The summed E-state index contributed by atoms with van der Waals surface area (Å²) in [6.45, 7) is 23.5. The van der Waals surface area contributed by atoms with Crippen molar-refractivity contribution in [2.45, 2.75) is 148 Å². The van der Waals surface area contributed by atoms with Crippen LogP contribution in [-0.2, 0) is 0 Å². The number of hydrogen-bond donors (Lipinski definition) is 0. The molecule has 32 heavy (non-hydrogen) atoms. The third-order valence-corrected chi connectivity index (χ3v) is 19.5. The largest absolute Gasteiger partial charge is 0.298 e. The molecule has 0 bridgehead atoms. The van der Waals surface area contributed by atoms with Gasteiger partial charge in [-0.05, 0) is 45.0 Å². The van der Waals surface area contributed by atoms with Gasteiger partial charge in [-0.3, -0.25) is 4.99 Å². The van der Waals surface area contributed by atoms with Crippen LogP contribution >= 0.6 is 0 Å². The van der Waals surface area contributed by atoms with E-state index in [-0.39, 0.29) is 0 Å². The Morgan fingerprint density at radius 1 is 0.625 bits per heavy atom. The number of hydrogen-bond acceptors (Lipinski definition) is 1. The minimum atomic E-state index is -1.12. The number of nitrogens with zero attached hydrogens (tertiary/aromatic N) is 1. The first-order valence-electron chi connectivity index (χ1n) is 14.1. The maximum Gasteiger partial charge on any atom is 0.0574 e. The van der Waals surface area contributed by atoms with Crippen molar-refractivity contribution < 1.29 is 0 Å². The Bertz CT molecular complexity index is 515. The van der Waals surface area contributed by atoms with E-state index in [4.69, 9.17) is 4.99 Å². The molecule has 3 heteroatoms. The first-order chi connectivity index (χ1) is 15.3. The second kappa shape index (κ2) is 18.9. The van der Waals surface area contributed by atoms with Crippen molar-refractivity contribution in [2.75, 3.05) is 6.54 Å². The number of allylic oxidation sites excluding steroid dienone is 2. The van der Waals surface area contributed by atoms with E-state index in [2.05, 4.69) is 60.9 Å². The zero-order valence-electron chi connectivity index (χ0n) is 23.2. The minimum absolute atomic E-state index is 1.04. The summed E-state index contributed by atoms with van der Waals surface area (Å²) in [5.74, 6) is 0. The van der Waals surface area contributed by atoms with Crippen molar-refractivity contribution in [3.05, 3.63) is 24.3 Å². The van der Waals surface area contributed by atoms with Crippen LogP contribution in [0.3, 0.4) is 0 Å². The zero-order chi connectivity index (χ0) is 24.3. The highest BCUT2D eigenvalue weighted by Gasteiger charge is 2.28. The molecule has 0 aromatic rings. The standard InChI is InChI=1S/C29H59NSi2/c1-9-31(10-2,26-28(5)6)24-20-18-16-14-13-15-17-19-22-30-23-21-25-32(11-3,12-4)27-29(7)8/h23H,5,7,9-22,24-27H2,1-4,6,8H3. The van der Waals surface area contributed by atoms with Crippen LogP contribution in [0.4, 0.5) is 0 Å². The number of aliphatic imine (C=N–C) groups is 1. The Morgan fingerprint density at radius 3 is 1.47 bits per heavy atom. The second-order valence-electron chi connectivity index (χ2n) is 10.9. The molecule has 0 radical (unpaired) electrons. The van der Waals surface area contributed by atoms with E-state index in [1.165, 1.54) is 117 Å². The third-order valence-electron chi connectivity index (χ3n) is 8.03.